The molecule has 5 amide bonds. The number of carbonyl (C=O) groups is 5. The summed E-state index contributed by atoms with van der Waals surface area (Å²) < 4.78 is 24.8. The number of fused-ring (bicyclic) bond motifs is 2. The van der Waals surface area contributed by atoms with Crippen LogP contribution in [0.2, 0.25) is 0 Å². The molecule has 3 aliphatic heterocycles. The van der Waals surface area contributed by atoms with Gasteiger partial charge >= 0.3 is 0 Å². The molecule has 0 radical (unpaired) electrons. The summed E-state index contributed by atoms with van der Waals surface area (Å²) in [6.07, 6.45) is 8.23. The first kappa shape index (κ1) is 44.6. The van der Waals surface area contributed by atoms with E-state index in [-0.39, 0.29) is 35.9 Å². The van der Waals surface area contributed by atoms with Crippen molar-refractivity contribution in [2.45, 2.75) is 50.6 Å². The molecule has 0 saturated carbocycles. The maximum atomic E-state index is 13.3. The molecule has 2 atom stereocenters. The first-order valence-electron chi connectivity index (χ1n) is 21.9. The third-order valence-electron chi connectivity index (χ3n) is 11.4. The highest BCUT2D eigenvalue weighted by atomic mass is 16.5. The van der Waals surface area contributed by atoms with Crippen LogP contribution in [0.5, 0.6) is 11.5 Å². The molecule has 338 valence electrons. The van der Waals surface area contributed by atoms with Gasteiger partial charge in [0.1, 0.15) is 35.4 Å². The predicted molar refractivity (Wildman–Crippen MR) is 239 cm³/mol. The Morgan fingerprint density at radius 2 is 1.60 bits per heavy atom. The second kappa shape index (κ2) is 21.1. The summed E-state index contributed by atoms with van der Waals surface area (Å²) in [4.78, 5) is 75.1. The quantitative estimate of drug-likeness (QED) is 0.0536. The smallest absolute Gasteiger partial charge is 0.264 e. The fraction of sp³-hybridized carbons (Fsp3) is 0.362. The van der Waals surface area contributed by atoms with Crippen molar-refractivity contribution in [1.29, 1.82) is 0 Å². The van der Waals surface area contributed by atoms with E-state index in [2.05, 4.69) is 20.6 Å². The molecule has 2 fully saturated rings. The number of benzene rings is 3. The molecule has 18 nitrogen and oxygen atoms in total. The van der Waals surface area contributed by atoms with Crippen molar-refractivity contribution in [2.75, 3.05) is 70.3 Å². The second-order valence-electron chi connectivity index (χ2n) is 15.8. The highest BCUT2D eigenvalue weighted by molar-refractivity contribution is 6.25. The molecule has 5 heterocycles. The molecule has 3 aromatic carbocycles. The number of likely N-dealkylation sites (tertiary alicyclic amines) is 1. The largest absolute Gasteiger partial charge is 0.457 e. The van der Waals surface area contributed by atoms with E-state index < -0.39 is 29.7 Å². The third-order valence-corrected chi connectivity index (χ3v) is 11.4. The van der Waals surface area contributed by atoms with Crippen LogP contribution >= 0.6 is 0 Å². The van der Waals surface area contributed by atoms with Gasteiger partial charge in [-0.3, -0.25) is 34.2 Å². The molecule has 0 bridgehead atoms. The Kier molecular flexibility index (Phi) is 14.5. The first-order chi connectivity index (χ1) is 31.8. The van der Waals surface area contributed by atoms with Crippen LogP contribution in [0.4, 0.5) is 11.5 Å². The number of piperidine rings is 2. The molecule has 0 aliphatic carbocycles. The van der Waals surface area contributed by atoms with Crippen LogP contribution in [0.1, 0.15) is 65.3 Å². The summed E-state index contributed by atoms with van der Waals surface area (Å²) >= 11 is 0. The van der Waals surface area contributed by atoms with E-state index >= 15 is 0 Å². The summed E-state index contributed by atoms with van der Waals surface area (Å²) in [6, 6.07) is 21.1. The van der Waals surface area contributed by atoms with E-state index in [1.807, 2.05) is 70.3 Å². The maximum Gasteiger partial charge on any atom is 0.264 e. The molecule has 3 aliphatic rings. The Morgan fingerprint density at radius 1 is 0.846 bits per heavy atom. The van der Waals surface area contributed by atoms with Crippen LogP contribution in [0.15, 0.2) is 91.3 Å². The Hall–Kier alpha value is -7.02. The number of allylic oxidation sites excluding steroid dienone is 1. The molecule has 0 spiro atoms. The van der Waals surface area contributed by atoms with Crippen LogP contribution in [0.3, 0.4) is 0 Å². The predicted octanol–water partition coefficient (Wildman–Crippen LogP) is 4.93. The van der Waals surface area contributed by atoms with Gasteiger partial charge in [0.05, 0.1) is 55.6 Å². The number of para-hydroxylation sites is 1. The highest BCUT2D eigenvalue weighted by Crippen LogP contribution is 2.36. The second-order valence-corrected chi connectivity index (χ2v) is 15.8. The lowest BCUT2D eigenvalue weighted by atomic mass is 10.0. The fourth-order valence-electron chi connectivity index (χ4n) is 8.17. The van der Waals surface area contributed by atoms with Crippen molar-refractivity contribution in [3.8, 4) is 22.8 Å². The van der Waals surface area contributed by atoms with E-state index in [1.165, 1.54) is 6.33 Å². The third kappa shape index (κ3) is 10.5. The zero-order valence-corrected chi connectivity index (χ0v) is 35.9. The number of nitrogens with zero attached hydrogens (tertiary/aromatic N) is 6. The monoisotopic (exact) mass is 885 g/mol. The van der Waals surface area contributed by atoms with Gasteiger partial charge in [-0.25, -0.2) is 14.6 Å². The normalized spacial score (nSPS) is 17.5. The molecule has 8 rings (SSSR count). The van der Waals surface area contributed by atoms with E-state index in [4.69, 9.17) is 29.8 Å². The Morgan fingerprint density at radius 3 is 2.38 bits per heavy atom. The van der Waals surface area contributed by atoms with E-state index in [0.717, 1.165) is 35.5 Å². The minimum atomic E-state index is -1.02. The number of aromatic nitrogens is 4. The Labute approximate surface area is 375 Å². The van der Waals surface area contributed by atoms with Gasteiger partial charge in [0.15, 0.2) is 5.65 Å². The summed E-state index contributed by atoms with van der Waals surface area (Å²) in [7, 11) is 0. The number of carbonyl (C=O) groups excluding carboxylic acids is 5. The van der Waals surface area contributed by atoms with Gasteiger partial charge in [0.25, 0.3) is 11.8 Å². The van der Waals surface area contributed by atoms with Crippen molar-refractivity contribution in [2.24, 2.45) is 0 Å². The number of nitrogens with two attached hydrogens (primary N) is 1. The minimum Gasteiger partial charge on any atom is -0.457 e. The van der Waals surface area contributed by atoms with Crippen LogP contribution in [-0.2, 0) is 28.6 Å². The van der Waals surface area contributed by atoms with Gasteiger partial charge < -0.3 is 34.9 Å². The molecule has 18 heteroatoms. The summed E-state index contributed by atoms with van der Waals surface area (Å²) in [5.41, 5.74) is 9.43. The van der Waals surface area contributed by atoms with Gasteiger partial charge in [-0.05, 0) is 86.7 Å². The average Bonchev–Trinajstić information content (AvgIpc) is 3.83. The SMILES string of the molecule is Nc1ncnc2c1c(-c1ccc(Oc3ccccc3)cc1)nn2C1CCCN(C(=O)/C=C/CCCOCCOCCOCCNc2cccc3c2C(=O)N(C2CCC(=O)NC2=O)C3=O)C1. The van der Waals surface area contributed by atoms with Gasteiger partial charge in [-0.1, -0.05) is 30.3 Å². The molecule has 4 N–H and O–H groups in total. The Balaban J connectivity index is 0.700. The topological polar surface area (TPSA) is 222 Å². The summed E-state index contributed by atoms with van der Waals surface area (Å²) in [6.45, 7) is 3.94. The lowest BCUT2D eigenvalue weighted by Crippen LogP contribution is -2.54. The molecule has 2 aromatic heterocycles. The first-order valence-corrected chi connectivity index (χ1v) is 21.9. The number of rotatable bonds is 20. The van der Waals surface area contributed by atoms with E-state index in [9.17, 15) is 24.0 Å². The van der Waals surface area contributed by atoms with Crippen molar-refractivity contribution in [3.63, 3.8) is 0 Å². The highest BCUT2D eigenvalue weighted by Gasteiger charge is 2.45. The number of nitrogen functional groups attached to an aromatic ring is 1. The lowest BCUT2D eigenvalue weighted by Gasteiger charge is -2.32. The van der Waals surface area contributed by atoms with Crippen molar-refractivity contribution in [3.05, 3.63) is 102 Å². The summed E-state index contributed by atoms with van der Waals surface area (Å²) in [5, 5.41) is 11.0. The molecule has 5 aromatic rings. The molecule has 2 unspecified atom stereocenters. The van der Waals surface area contributed by atoms with Crippen LogP contribution in [0, 0.1) is 0 Å². The summed E-state index contributed by atoms with van der Waals surface area (Å²) in [5.74, 6) is -0.450. The molecular formula is C47H51N9O9. The minimum absolute atomic E-state index is 0.0459. The van der Waals surface area contributed by atoms with E-state index in [0.29, 0.717) is 99.7 Å². The van der Waals surface area contributed by atoms with Crippen molar-refractivity contribution < 1.29 is 42.9 Å². The standard InChI is InChI=1S/C47H51N9O9/c48-43-41-42(31-15-17-34(18-16-31)65-33-10-3-1-4-11-33)53-56(44(41)51-30-50-43)32-9-8-22-54(29-32)39(58)14-5-2-6-23-62-25-27-64-28-26-63-24-21-49-36-13-7-12-35-40(36)47(61)55(46(35)60)37-19-20-38(57)52-45(37)59/h1,3-5,7,10-18,30,32,37,49H,2,6,8-9,19-29H2,(H2,48,50,51)(H,52,57,59)/b14-5+. The number of imide groups is 2. The van der Waals surface area contributed by atoms with Crippen LogP contribution in [-0.4, -0.2) is 124 Å². The van der Waals surface area contributed by atoms with Crippen LogP contribution in [0.25, 0.3) is 22.3 Å². The van der Waals surface area contributed by atoms with Crippen molar-refractivity contribution in [1.82, 2.24) is 34.9 Å². The average molecular weight is 886 g/mol. The van der Waals surface area contributed by atoms with Gasteiger partial charge in [0, 0.05) is 43.9 Å². The number of nitrogens with one attached hydrogen (secondary N) is 2. The fourth-order valence-corrected chi connectivity index (χ4v) is 8.17. The lowest BCUT2D eigenvalue weighted by molar-refractivity contribution is -0.136. The molecular weight excluding hydrogens is 835 g/mol. The number of ether oxygens (including phenoxy) is 4. The number of hydrogen-bond donors (Lipinski definition) is 3. The zero-order chi connectivity index (χ0) is 45.1. The van der Waals surface area contributed by atoms with Gasteiger partial charge in [0.2, 0.25) is 17.7 Å². The van der Waals surface area contributed by atoms with Crippen LogP contribution < -0.4 is 21.1 Å². The zero-order valence-electron chi connectivity index (χ0n) is 35.9. The number of amides is 5. The maximum absolute atomic E-state index is 13.3. The Bertz CT molecular complexity index is 2550. The molecule has 2 saturated heterocycles. The van der Waals surface area contributed by atoms with E-state index in [1.54, 1.807) is 24.3 Å². The molecule has 65 heavy (non-hydrogen) atoms. The van der Waals surface area contributed by atoms with Crippen molar-refractivity contribution >= 4 is 52.1 Å². The number of anilines is 2. The van der Waals surface area contributed by atoms with Gasteiger partial charge in [-0.2, -0.15) is 5.10 Å². The number of hydrogen-bond acceptors (Lipinski definition) is 14. The van der Waals surface area contributed by atoms with Gasteiger partial charge in [-0.15, -0.1) is 0 Å². The number of unbranched alkanes of at least 4 members (excludes halogenated alkanes) is 1.